The number of carbonyl (C=O) groups is 1. The normalized spacial score (nSPS) is 11.1. The molecule has 2 aromatic rings. The van der Waals surface area contributed by atoms with Gasteiger partial charge < -0.3 is 15.8 Å². The van der Waals surface area contributed by atoms with Gasteiger partial charge in [-0.3, -0.25) is 0 Å². The second-order valence-corrected chi connectivity index (χ2v) is 6.28. The molecule has 122 valence electrons. The number of anilines is 1. The highest BCUT2D eigenvalue weighted by molar-refractivity contribution is 5.71. The van der Waals surface area contributed by atoms with E-state index in [1.807, 2.05) is 20.8 Å². The number of rotatable bonds is 3. The summed E-state index contributed by atoms with van der Waals surface area (Å²) in [4.78, 5) is 15.6. The fraction of sp³-hybridized carbons (Fsp3) is 0.294. The molecule has 0 bridgehead atoms. The molecule has 0 atom stereocenters. The van der Waals surface area contributed by atoms with Crippen molar-refractivity contribution in [1.29, 1.82) is 0 Å². The summed E-state index contributed by atoms with van der Waals surface area (Å²) >= 11 is 0. The van der Waals surface area contributed by atoms with Gasteiger partial charge in [0.15, 0.2) is 0 Å². The van der Waals surface area contributed by atoms with E-state index in [1.54, 1.807) is 30.5 Å². The van der Waals surface area contributed by atoms with Crippen molar-refractivity contribution in [2.45, 2.75) is 32.7 Å². The number of nitrogens with one attached hydrogen (secondary N) is 1. The maximum Gasteiger partial charge on any atom is 0.413 e. The number of aromatic nitrogens is 1. The van der Waals surface area contributed by atoms with Gasteiger partial charge in [0, 0.05) is 24.2 Å². The van der Waals surface area contributed by atoms with E-state index in [4.69, 9.17) is 10.5 Å². The summed E-state index contributed by atoms with van der Waals surface area (Å²) < 4.78 is 19.2. The smallest absolute Gasteiger partial charge is 0.410 e. The molecule has 2 rings (SSSR count). The highest BCUT2D eigenvalue weighted by Gasteiger charge is 2.16. The van der Waals surface area contributed by atoms with Crippen molar-refractivity contribution < 1.29 is 13.9 Å². The van der Waals surface area contributed by atoms with E-state index in [0.29, 0.717) is 17.8 Å². The van der Waals surface area contributed by atoms with Crippen LogP contribution in [0.5, 0.6) is 5.75 Å². The van der Waals surface area contributed by atoms with Gasteiger partial charge in [-0.1, -0.05) is 6.07 Å². The molecule has 0 fully saturated rings. The number of nitrogens with two attached hydrogens (primary N) is 1. The lowest BCUT2D eigenvalue weighted by molar-refractivity contribution is 0.190. The fourth-order valence-electron chi connectivity index (χ4n) is 2.00. The molecular formula is C17H20FN3O2. The SMILES string of the molecule is CC(C)(C)NC(=O)Oc1ccc(Cc2ccnc(N)c2)c(F)c1. The number of ether oxygens (including phenoxy) is 1. The number of halogens is 1. The number of amides is 1. The van der Waals surface area contributed by atoms with Gasteiger partial charge in [0.2, 0.25) is 0 Å². The molecule has 23 heavy (non-hydrogen) atoms. The molecule has 1 heterocycles. The fourth-order valence-corrected chi connectivity index (χ4v) is 2.00. The average Bonchev–Trinajstić information content (AvgIpc) is 2.40. The molecule has 0 aliphatic rings. The standard InChI is InChI=1S/C17H20FN3O2/c1-17(2,3)21-16(22)23-13-5-4-12(14(18)10-13)8-11-6-7-20-15(19)9-11/h4-7,9-10H,8H2,1-3H3,(H2,19,20)(H,21,22). The first kappa shape index (κ1) is 16.7. The highest BCUT2D eigenvalue weighted by atomic mass is 19.1. The summed E-state index contributed by atoms with van der Waals surface area (Å²) in [5, 5.41) is 2.64. The Bertz CT molecular complexity index is 711. The van der Waals surface area contributed by atoms with Crippen LogP contribution in [0, 0.1) is 5.82 Å². The number of pyridine rings is 1. The molecule has 0 radical (unpaired) electrons. The lowest BCUT2D eigenvalue weighted by Crippen LogP contribution is -2.42. The van der Waals surface area contributed by atoms with E-state index in [9.17, 15) is 9.18 Å². The van der Waals surface area contributed by atoms with E-state index < -0.39 is 17.4 Å². The number of nitrogen functional groups attached to an aromatic ring is 1. The maximum atomic E-state index is 14.2. The molecule has 6 heteroatoms. The van der Waals surface area contributed by atoms with Crippen molar-refractivity contribution in [3.63, 3.8) is 0 Å². The topological polar surface area (TPSA) is 77.2 Å². The number of hydrogen-bond acceptors (Lipinski definition) is 4. The Labute approximate surface area is 134 Å². The molecule has 1 aromatic carbocycles. The third-order valence-electron chi connectivity index (χ3n) is 2.95. The zero-order chi connectivity index (χ0) is 17.0. The van der Waals surface area contributed by atoms with Crippen molar-refractivity contribution in [1.82, 2.24) is 10.3 Å². The Balaban J connectivity index is 2.07. The van der Waals surface area contributed by atoms with Gasteiger partial charge in [-0.2, -0.15) is 0 Å². The Hall–Kier alpha value is -2.63. The van der Waals surface area contributed by atoms with Crippen LogP contribution in [0.25, 0.3) is 0 Å². The Morgan fingerprint density at radius 3 is 2.65 bits per heavy atom. The first-order valence-corrected chi connectivity index (χ1v) is 7.22. The van der Waals surface area contributed by atoms with Crippen LogP contribution in [-0.2, 0) is 6.42 Å². The Morgan fingerprint density at radius 2 is 2.04 bits per heavy atom. The van der Waals surface area contributed by atoms with Crippen molar-refractivity contribution in [2.75, 3.05) is 5.73 Å². The van der Waals surface area contributed by atoms with Gasteiger partial charge in [-0.15, -0.1) is 0 Å². The Morgan fingerprint density at radius 1 is 1.30 bits per heavy atom. The summed E-state index contributed by atoms with van der Waals surface area (Å²) in [6, 6.07) is 7.82. The van der Waals surface area contributed by atoms with Crippen LogP contribution < -0.4 is 15.8 Å². The molecule has 3 N–H and O–H groups in total. The largest absolute Gasteiger partial charge is 0.413 e. The van der Waals surface area contributed by atoms with Crippen LogP contribution in [0.2, 0.25) is 0 Å². The summed E-state index contributed by atoms with van der Waals surface area (Å²) in [5.74, 6) is 0.102. The molecule has 0 unspecified atom stereocenters. The number of hydrogen-bond donors (Lipinski definition) is 2. The monoisotopic (exact) mass is 317 g/mol. The third-order valence-corrected chi connectivity index (χ3v) is 2.95. The number of nitrogens with zero attached hydrogens (tertiary/aromatic N) is 1. The van der Waals surface area contributed by atoms with E-state index in [1.165, 1.54) is 6.07 Å². The molecule has 0 aliphatic heterocycles. The number of carbonyl (C=O) groups excluding carboxylic acids is 1. The summed E-state index contributed by atoms with van der Waals surface area (Å²) in [5.41, 5.74) is 6.53. The predicted molar refractivity (Wildman–Crippen MR) is 86.8 cm³/mol. The van der Waals surface area contributed by atoms with Crippen LogP contribution in [-0.4, -0.2) is 16.6 Å². The predicted octanol–water partition coefficient (Wildman–Crippen LogP) is 3.28. The van der Waals surface area contributed by atoms with Gasteiger partial charge in [0.25, 0.3) is 0 Å². The van der Waals surface area contributed by atoms with E-state index in [0.717, 1.165) is 5.56 Å². The van der Waals surface area contributed by atoms with Crippen molar-refractivity contribution >= 4 is 11.9 Å². The van der Waals surface area contributed by atoms with Gasteiger partial charge in [-0.05, 0) is 50.1 Å². The first-order chi connectivity index (χ1) is 10.7. The van der Waals surface area contributed by atoms with Crippen LogP contribution in [0.1, 0.15) is 31.9 Å². The molecule has 0 aliphatic carbocycles. The minimum atomic E-state index is -0.619. The second kappa shape index (κ2) is 6.64. The van der Waals surface area contributed by atoms with Crippen LogP contribution in [0.4, 0.5) is 15.0 Å². The maximum absolute atomic E-state index is 14.2. The molecule has 0 spiro atoms. The van der Waals surface area contributed by atoms with Gasteiger partial charge in [0.05, 0.1) is 0 Å². The zero-order valence-electron chi connectivity index (χ0n) is 13.4. The van der Waals surface area contributed by atoms with Crippen molar-refractivity contribution in [2.24, 2.45) is 0 Å². The van der Waals surface area contributed by atoms with Crippen molar-refractivity contribution in [3.05, 3.63) is 53.5 Å². The lowest BCUT2D eigenvalue weighted by atomic mass is 10.1. The van der Waals surface area contributed by atoms with E-state index in [2.05, 4.69) is 10.3 Å². The van der Waals surface area contributed by atoms with E-state index >= 15 is 0 Å². The highest BCUT2D eigenvalue weighted by Crippen LogP contribution is 2.20. The molecular weight excluding hydrogens is 297 g/mol. The van der Waals surface area contributed by atoms with Crippen LogP contribution in [0.15, 0.2) is 36.5 Å². The minimum absolute atomic E-state index is 0.155. The molecule has 1 amide bonds. The average molecular weight is 317 g/mol. The van der Waals surface area contributed by atoms with Gasteiger partial charge >= 0.3 is 6.09 Å². The summed E-state index contributed by atoms with van der Waals surface area (Å²) in [6.45, 7) is 5.50. The molecule has 0 saturated carbocycles. The lowest BCUT2D eigenvalue weighted by Gasteiger charge is -2.19. The molecule has 5 nitrogen and oxygen atoms in total. The first-order valence-electron chi connectivity index (χ1n) is 7.22. The van der Waals surface area contributed by atoms with Crippen LogP contribution in [0.3, 0.4) is 0 Å². The number of benzene rings is 1. The van der Waals surface area contributed by atoms with Gasteiger partial charge in [0.1, 0.15) is 17.4 Å². The van der Waals surface area contributed by atoms with Crippen LogP contribution >= 0.6 is 0 Å². The van der Waals surface area contributed by atoms with Gasteiger partial charge in [-0.25, -0.2) is 14.2 Å². The summed E-state index contributed by atoms with van der Waals surface area (Å²) in [7, 11) is 0. The Kier molecular flexibility index (Phi) is 4.83. The molecule has 0 saturated heterocycles. The minimum Gasteiger partial charge on any atom is -0.410 e. The summed E-state index contributed by atoms with van der Waals surface area (Å²) in [6.07, 6.45) is 1.34. The quantitative estimate of drug-likeness (QED) is 0.910. The molecule has 1 aromatic heterocycles. The zero-order valence-corrected chi connectivity index (χ0v) is 13.4. The second-order valence-electron chi connectivity index (χ2n) is 6.28. The van der Waals surface area contributed by atoms with Crippen molar-refractivity contribution in [3.8, 4) is 5.75 Å². The van der Waals surface area contributed by atoms with E-state index in [-0.39, 0.29) is 5.75 Å². The third kappa shape index (κ3) is 5.25.